The fraction of sp³-hybridized carbons (Fsp3) is 0.0556. The van der Waals surface area contributed by atoms with Crippen molar-refractivity contribution in [3.63, 3.8) is 0 Å². The Hall–Kier alpha value is -2.79. The molecule has 5 heteroatoms. The van der Waals surface area contributed by atoms with E-state index in [1.165, 1.54) is 11.3 Å². The molecule has 0 saturated carbocycles. The van der Waals surface area contributed by atoms with Gasteiger partial charge in [0.25, 0.3) is 5.91 Å². The van der Waals surface area contributed by atoms with Crippen LogP contribution >= 0.6 is 11.3 Å². The van der Waals surface area contributed by atoms with Crippen molar-refractivity contribution in [2.75, 3.05) is 5.32 Å². The quantitative estimate of drug-likeness (QED) is 0.595. The molecule has 0 aliphatic heterocycles. The number of aryl methyl sites for hydroxylation is 1. The molecule has 2 aromatic heterocycles. The highest BCUT2D eigenvalue weighted by molar-refractivity contribution is 7.22. The molecule has 4 nitrogen and oxygen atoms in total. The number of hydrogen-bond donors (Lipinski definition) is 1. The zero-order chi connectivity index (χ0) is 15.8. The number of hydrogen-bond acceptors (Lipinski definition) is 4. The van der Waals surface area contributed by atoms with Gasteiger partial charge in [-0.2, -0.15) is 0 Å². The minimum Gasteiger partial charge on any atom is -0.298 e. The summed E-state index contributed by atoms with van der Waals surface area (Å²) < 4.78 is 1.07. The standard InChI is InChI=1S/C18H13N3OS/c1-11-5-2-9-14-15(11)20-18(23-14)21-17(22)13-8-3-6-12-7-4-10-19-16(12)13/h2-10H,1H3,(H,20,21,22). The van der Waals surface area contributed by atoms with E-state index in [4.69, 9.17) is 0 Å². The van der Waals surface area contributed by atoms with Crippen molar-refractivity contribution in [2.45, 2.75) is 6.92 Å². The first-order valence-electron chi connectivity index (χ1n) is 7.23. The summed E-state index contributed by atoms with van der Waals surface area (Å²) in [5.41, 5.74) is 3.29. The van der Waals surface area contributed by atoms with Crippen molar-refractivity contribution in [2.24, 2.45) is 0 Å². The molecule has 2 aromatic carbocycles. The Balaban J connectivity index is 1.72. The van der Waals surface area contributed by atoms with Crippen molar-refractivity contribution in [3.05, 3.63) is 65.9 Å². The molecule has 0 aliphatic carbocycles. The zero-order valence-electron chi connectivity index (χ0n) is 12.4. The lowest BCUT2D eigenvalue weighted by Gasteiger charge is -2.04. The Morgan fingerprint density at radius 1 is 1.04 bits per heavy atom. The highest BCUT2D eigenvalue weighted by Crippen LogP contribution is 2.28. The second kappa shape index (κ2) is 5.44. The highest BCUT2D eigenvalue weighted by Gasteiger charge is 2.13. The Labute approximate surface area is 136 Å². The predicted molar refractivity (Wildman–Crippen MR) is 94.1 cm³/mol. The third kappa shape index (κ3) is 2.45. The van der Waals surface area contributed by atoms with Crippen LogP contribution in [0, 0.1) is 6.92 Å². The molecular weight excluding hydrogens is 306 g/mol. The van der Waals surface area contributed by atoms with Gasteiger partial charge in [-0.25, -0.2) is 4.98 Å². The van der Waals surface area contributed by atoms with Crippen LogP contribution in [0.5, 0.6) is 0 Å². The average Bonchev–Trinajstić information content (AvgIpc) is 2.98. The number of nitrogens with one attached hydrogen (secondary N) is 1. The molecule has 0 atom stereocenters. The van der Waals surface area contributed by atoms with E-state index >= 15 is 0 Å². The first-order valence-corrected chi connectivity index (χ1v) is 8.05. The van der Waals surface area contributed by atoms with Crippen LogP contribution in [0.1, 0.15) is 15.9 Å². The molecule has 1 amide bonds. The van der Waals surface area contributed by atoms with Crippen LogP contribution < -0.4 is 5.32 Å². The molecule has 4 rings (SSSR count). The van der Waals surface area contributed by atoms with E-state index in [0.29, 0.717) is 16.2 Å². The smallest absolute Gasteiger partial charge is 0.259 e. The summed E-state index contributed by atoms with van der Waals surface area (Å²) in [4.78, 5) is 21.5. The molecular formula is C18H13N3OS. The molecule has 0 saturated heterocycles. The van der Waals surface area contributed by atoms with Gasteiger partial charge >= 0.3 is 0 Å². The minimum absolute atomic E-state index is 0.189. The summed E-state index contributed by atoms with van der Waals surface area (Å²) in [7, 11) is 0. The molecule has 112 valence electrons. The van der Waals surface area contributed by atoms with Crippen molar-refractivity contribution in [3.8, 4) is 0 Å². The van der Waals surface area contributed by atoms with Crippen molar-refractivity contribution >= 4 is 43.5 Å². The van der Waals surface area contributed by atoms with Gasteiger partial charge in [0.1, 0.15) is 0 Å². The third-order valence-electron chi connectivity index (χ3n) is 3.72. The molecule has 2 heterocycles. The Bertz CT molecular complexity index is 1030. The van der Waals surface area contributed by atoms with Crippen LogP contribution in [-0.2, 0) is 0 Å². The average molecular weight is 319 g/mol. The summed E-state index contributed by atoms with van der Waals surface area (Å²) in [5, 5.41) is 4.44. The Morgan fingerprint density at radius 3 is 2.74 bits per heavy atom. The number of thiazole rings is 1. The maximum atomic E-state index is 12.6. The van der Waals surface area contributed by atoms with E-state index in [1.807, 2.05) is 49.4 Å². The zero-order valence-corrected chi connectivity index (χ0v) is 13.2. The van der Waals surface area contributed by atoms with Gasteiger partial charge in [-0.3, -0.25) is 15.1 Å². The van der Waals surface area contributed by atoms with E-state index in [2.05, 4.69) is 15.3 Å². The summed E-state index contributed by atoms with van der Waals surface area (Å²) in [6.07, 6.45) is 1.69. The molecule has 0 bridgehead atoms. The van der Waals surface area contributed by atoms with Crippen molar-refractivity contribution in [1.29, 1.82) is 0 Å². The SMILES string of the molecule is Cc1cccc2sc(NC(=O)c3cccc4cccnc34)nc12. The van der Waals surface area contributed by atoms with Gasteiger partial charge in [0.15, 0.2) is 5.13 Å². The third-order valence-corrected chi connectivity index (χ3v) is 4.65. The molecule has 0 unspecified atom stereocenters. The van der Waals surface area contributed by atoms with Gasteiger partial charge in [0, 0.05) is 11.6 Å². The molecule has 0 radical (unpaired) electrons. The first-order chi connectivity index (χ1) is 11.2. The second-order valence-corrected chi connectivity index (χ2v) is 6.31. The van der Waals surface area contributed by atoms with Crippen molar-refractivity contribution in [1.82, 2.24) is 9.97 Å². The number of aromatic nitrogens is 2. The number of rotatable bonds is 2. The van der Waals surface area contributed by atoms with Gasteiger partial charge in [0.05, 0.1) is 21.3 Å². The van der Waals surface area contributed by atoms with E-state index in [9.17, 15) is 4.79 Å². The molecule has 0 fully saturated rings. The lowest BCUT2D eigenvalue weighted by Crippen LogP contribution is -2.12. The highest BCUT2D eigenvalue weighted by atomic mass is 32.1. The van der Waals surface area contributed by atoms with Gasteiger partial charge in [-0.05, 0) is 30.7 Å². The van der Waals surface area contributed by atoms with Gasteiger partial charge < -0.3 is 0 Å². The molecule has 4 aromatic rings. The number of benzene rings is 2. The monoisotopic (exact) mass is 319 g/mol. The topological polar surface area (TPSA) is 54.9 Å². The van der Waals surface area contributed by atoms with E-state index in [0.717, 1.165) is 21.2 Å². The first kappa shape index (κ1) is 13.8. The largest absolute Gasteiger partial charge is 0.298 e. The number of para-hydroxylation sites is 2. The van der Waals surface area contributed by atoms with E-state index in [1.54, 1.807) is 12.3 Å². The number of anilines is 1. The summed E-state index contributed by atoms with van der Waals surface area (Å²) >= 11 is 1.48. The summed E-state index contributed by atoms with van der Waals surface area (Å²) in [5.74, 6) is -0.189. The van der Waals surface area contributed by atoms with E-state index in [-0.39, 0.29) is 5.91 Å². The number of amides is 1. The van der Waals surface area contributed by atoms with Crippen LogP contribution in [0.3, 0.4) is 0 Å². The van der Waals surface area contributed by atoms with Crippen LogP contribution in [0.25, 0.3) is 21.1 Å². The maximum absolute atomic E-state index is 12.6. The Kier molecular flexibility index (Phi) is 3.28. The maximum Gasteiger partial charge on any atom is 0.259 e. The molecule has 0 spiro atoms. The number of pyridine rings is 1. The molecule has 23 heavy (non-hydrogen) atoms. The van der Waals surface area contributed by atoms with Crippen molar-refractivity contribution < 1.29 is 4.79 Å². The van der Waals surface area contributed by atoms with E-state index < -0.39 is 0 Å². The number of nitrogens with zero attached hydrogens (tertiary/aromatic N) is 2. The fourth-order valence-electron chi connectivity index (χ4n) is 2.59. The number of fused-ring (bicyclic) bond motifs is 2. The second-order valence-electron chi connectivity index (χ2n) is 5.28. The number of carbonyl (C=O) groups is 1. The molecule has 0 aliphatic rings. The van der Waals surface area contributed by atoms with Crippen LogP contribution in [-0.4, -0.2) is 15.9 Å². The molecule has 1 N–H and O–H groups in total. The fourth-order valence-corrected chi connectivity index (χ4v) is 3.53. The predicted octanol–water partition coefficient (Wildman–Crippen LogP) is 4.41. The summed E-state index contributed by atoms with van der Waals surface area (Å²) in [6.45, 7) is 2.02. The van der Waals surface area contributed by atoms with Crippen LogP contribution in [0.2, 0.25) is 0 Å². The normalized spacial score (nSPS) is 11.0. The minimum atomic E-state index is -0.189. The lowest BCUT2D eigenvalue weighted by atomic mass is 10.1. The van der Waals surface area contributed by atoms with Crippen LogP contribution in [0.4, 0.5) is 5.13 Å². The number of carbonyl (C=O) groups excluding carboxylic acids is 1. The lowest BCUT2D eigenvalue weighted by molar-refractivity contribution is 0.102. The summed E-state index contributed by atoms with van der Waals surface area (Å²) in [6, 6.07) is 15.4. The van der Waals surface area contributed by atoms with Gasteiger partial charge in [0.2, 0.25) is 0 Å². The van der Waals surface area contributed by atoms with Gasteiger partial charge in [-0.1, -0.05) is 41.7 Å². The Morgan fingerprint density at radius 2 is 1.87 bits per heavy atom. The van der Waals surface area contributed by atoms with Gasteiger partial charge in [-0.15, -0.1) is 0 Å². The van der Waals surface area contributed by atoms with Crippen LogP contribution in [0.15, 0.2) is 54.7 Å².